The van der Waals surface area contributed by atoms with Gasteiger partial charge in [0.2, 0.25) is 0 Å². The van der Waals surface area contributed by atoms with Gasteiger partial charge in [0.15, 0.2) is 0 Å². The minimum absolute atomic E-state index is 0.0257. The highest BCUT2D eigenvalue weighted by molar-refractivity contribution is 5.69. The highest BCUT2D eigenvalue weighted by atomic mass is 16.6. The van der Waals surface area contributed by atoms with Crippen LogP contribution in [0, 0.1) is 5.92 Å². The Balaban J connectivity index is 2.65. The van der Waals surface area contributed by atoms with Gasteiger partial charge in [-0.2, -0.15) is 0 Å². The van der Waals surface area contributed by atoms with E-state index in [0.29, 0.717) is 13.0 Å². The van der Waals surface area contributed by atoms with Crippen LogP contribution in [0.4, 0.5) is 9.59 Å². The van der Waals surface area contributed by atoms with Crippen molar-refractivity contribution in [2.24, 2.45) is 11.7 Å². The van der Waals surface area contributed by atoms with Crippen LogP contribution in [-0.4, -0.2) is 41.5 Å². The smallest absolute Gasteiger partial charge is 0.408 e. The Morgan fingerprint density at radius 2 is 1.54 bits per heavy atom. The number of carbonyl (C=O) groups is 2. The molecule has 0 saturated heterocycles. The Labute approximate surface area is 157 Å². The summed E-state index contributed by atoms with van der Waals surface area (Å²) >= 11 is 0. The molecular formula is C19H37N3O4. The molecule has 2 atom stereocenters. The Morgan fingerprint density at radius 1 is 1.04 bits per heavy atom. The molecule has 0 aromatic rings. The minimum atomic E-state index is -0.546. The maximum atomic E-state index is 12.2. The minimum Gasteiger partial charge on any atom is -0.444 e. The zero-order valence-electron chi connectivity index (χ0n) is 17.4. The van der Waals surface area contributed by atoms with Crippen molar-refractivity contribution in [1.82, 2.24) is 10.6 Å². The molecule has 0 heterocycles. The lowest BCUT2D eigenvalue weighted by molar-refractivity contribution is 0.0315. The molecule has 1 aliphatic rings. The van der Waals surface area contributed by atoms with Gasteiger partial charge in [0.1, 0.15) is 11.2 Å². The number of nitrogens with two attached hydrogens (primary N) is 1. The van der Waals surface area contributed by atoms with E-state index in [-0.39, 0.29) is 17.5 Å². The highest BCUT2D eigenvalue weighted by Crippen LogP contribution is 2.38. The molecule has 0 spiro atoms. The van der Waals surface area contributed by atoms with Crippen LogP contribution in [0.3, 0.4) is 0 Å². The van der Waals surface area contributed by atoms with E-state index in [4.69, 9.17) is 15.2 Å². The quantitative estimate of drug-likeness (QED) is 0.665. The third-order valence-corrected chi connectivity index (χ3v) is 4.48. The second-order valence-electron chi connectivity index (χ2n) is 9.40. The largest absolute Gasteiger partial charge is 0.444 e. The maximum Gasteiger partial charge on any atom is 0.408 e. The molecule has 0 bridgehead atoms. The fraction of sp³-hybridized carbons (Fsp3) is 0.895. The summed E-state index contributed by atoms with van der Waals surface area (Å²) in [5.74, 6) is 0.0257. The molecule has 0 aromatic heterocycles. The molecule has 152 valence electrons. The Morgan fingerprint density at radius 3 is 1.92 bits per heavy atom. The van der Waals surface area contributed by atoms with E-state index < -0.39 is 23.4 Å². The van der Waals surface area contributed by atoms with E-state index in [1.54, 1.807) is 0 Å². The number of ether oxygens (including phenoxy) is 2. The molecule has 26 heavy (non-hydrogen) atoms. The number of amides is 2. The van der Waals surface area contributed by atoms with E-state index in [1.165, 1.54) is 0 Å². The second kappa shape index (κ2) is 8.46. The van der Waals surface area contributed by atoms with E-state index in [2.05, 4.69) is 10.6 Å². The van der Waals surface area contributed by atoms with Crippen LogP contribution in [0.25, 0.3) is 0 Å². The number of hydrogen-bond donors (Lipinski definition) is 3. The SMILES string of the molecule is C[C@@H](NC(=O)OC(C)(C)C)C(CN)CC1(NC(=O)OC(C)(C)C)CCC1. The van der Waals surface area contributed by atoms with Crippen molar-refractivity contribution in [3.05, 3.63) is 0 Å². The van der Waals surface area contributed by atoms with Gasteiger partial charge in [-0.25, -0.2) is 9.59 Å². The molecule has 1 fully saturated rings. The van der Waals surface area contributed by atoms with Crippen molar-refractivity contribution in [1.29, 1.82) is 0 Å². The summed E-state index contributed by atoms with van der Waals surface area (Å²) in [7, 11) is 0. The molecule has 1 saturated carbocycles. The van der Waals surface area contributed by atoms with Crippen molar-refractivity contribution >= 4 is 12.2 Å². The number of hydrogen-bond acceptors (Lipinski definition) is 5. The first-order chi connectivity index (χ1) is 11.8. The van der Waals surface area contributed by atoms with Gasteiger partial charge in [-0.3, -0.25) is 0 Å². The molecule has 7 heteroatoms. The first kappa shape index (κ1) is 22.5. The highest BCUT2D eigenvalue weighted by Gasteiger charge is 2.42. The van der Waals surface area contributed by atoms with Crippen LogP contribution in [0.15, 0.2) is 0 Å². The lowest BCUT2D eigenvalue weighted by Crippen LogP contribution is -2.57. The summed E-state index contributed by atoms with van der Waals surface area (Å²) in [6.45, 7) is 13.3. The predicted molar refractivity (Wildman–Crippen MR) is 102 cm³/mol. The van der Waals surface area contributed by atoms with Crippen LogP contribution in [0.5, 0.6) is 0 Å². The normalized spacial score (nSPS) is 18.9. The van der Waals surface area contributed by atoms with Gasteiger partial charge in [-0.15, -0.1) is 0 Å². The zero-order chi connectivity index (χ0) is 20.2. The van der Waals surface area contributed by atoms with Crippen LogP contribution < -0.4 is 16.4 Å². The second-order valence-corrected chi connectivity index (χ2v) is 9.40. The van der Waals surface area contributed by atoms with Crippen LogP contribution >= 0.6 is 0 Å². The summed E-state index contributed by atoms with van der Waals surface area (Å²) in [5.41, 5.74) is 4.57. The average molecular weight is 372 g/mol. The van der Waals surface area contributed by atoms with Gasteiger partial charge in [-0.05, 0) is 86.6 Å². The van der Waals surface area contributed by atoms with Gasteiger partial charge >= 0.3 is 12.2 Å². The molecule has 0 aromatic carbocycles. The number of nitrogens with one attached hydrogen (secondary N) is 2. The molecule has 2 amide bonds. The maximum absolute atomic E-state index is 12.2. The molecule has 1 unspecified atom stereocenters. The summed E-state index contributed by atoms with van der Waals surface area (Å²) in [6.07, 6.45) is 2.68. The average Bonchev–Trinajstić information content (AvgIpc) is 2.36. The fourth-order valence-electron chi connectivity index (χ4n) is 3.08. The molecule has 7 nitrogen and oxygen atoms in total. The first-order valence-corrected chi connectivity index (χ1v) is 9.46. The fourth-order valence-corrected chi connectivity index (χ4v) is 3.08. The lowest BCUT2D eigenvalue weighted by atomic mass is 9.70. The summed E-state index contributed by atoms with van der Waals surface area (Å²) in [5, 5.41) is 5.90. The van der Waals surface area contributed by atoms with E-state index in [9.17, 15) is 9.59 Å². The summed E-state index contributed by atoms with van der Waals surface area (Å²) < 4.78 is 10.7. The Hall–Kier alpha value is -1.50. The molecule has 1 rings (SSSR count). The van der Waals surface area contributed by atoms with Gasteiger partial charge in [0.25, 0.3) is 0 Å². The third-order valence-electron chi connectivity index (χ3n) is 4.48. The van der Waals surface area contributed by atoms with Crippen LogP contribution in [0.2, 0.25) is 0 Å². The Kier molecular flexibility index (Phi) is 7.33. The predicted octanol–water partition coefficient (Wildman–Crippen LogP) is 3.31. The topological polar surface area (TPSA) is 103 Å². The van der Waals surface area contributed by atoms with Crippen LogP contribution in [-0.2, 0) is 9.47 Å². The van der Waals surface area contributed by atoms with Gasteiger partial charge in [0.05, 0.1) is 0 Å². The Bertz CT molecular complexity index is 490. The van der Waals surface area contributed by atoms with E-state index in [0.717, 1.165) is 19.3 Å². The standard InChI is InChI=1S/C19H37N3O4/c1-13(21-15(23)25-17(2,3)4)14(12-20)11-19(9-8-10-19)22-16(24)26-18(5,6)7/h13-14H,8-12,20H2,1-7H3,(H,21,23)(H,22,24)/t13-,14?/m1/s1. The van der Waals surface area contributed by atoms with E-state index >= 15 is 0 Å². The van der Waals surface area contributed by atoms with Gasteiger partial charge in [-0.1, -0.05) is 0 Å². The lowest BCUT2D eigenvalue weighted by Gasteiger charge is -2.45. The summed E-state index contributed by atoms with van der Waals surface area (Å²) in [4.78, 5) is 24.2. The van der Waals surface area contributed by atoms with Crippen molar-refractivity contribution in [2.45, 2.75) is 96.9 Å². The third kappa shape index (κ3) is 7.81. The van der Waals surface area contributed by atoms with Gasteiger partial charge in [0, 0.05) is 11.6 Å². The molecule has 0 radical (unpaired) electrons. The molecular weight excluding hydrogens is 334 g/mol. The number of alkyl carbamates (subject to hydrolysis) is 2. The first-order valence-electron chi connectivity index (χ1n) is 9.46. The van der Waals surface area contributed by atoms with Crippen molar-refractivity contribution in [2.75, 3.05) is 6.54 Å². The zero-order valence-corrected chi connectivity index (χ0v) is 17.4. The van der Waals surface area contributed by atoms with Crippen molar-refractivity contribution in [3.63, 3.8) is 0 Å². The number of carbonyl (C=O) groups excluding carboxylic acids is 2. The van der Waals surface area contributed by atoms with Crippen molar-refractivity contribution in [3.8, 4) is 0 Å². The molecule has 1 aliphatic carbocycles. The number of rotatable bonds is 6. The molecule has 0 aliphatic heterocycles. The van der Waals surface area contributed by atoms with E-state index in [1.807, 2.05) is 48.5 Å². The van der Waals surface area contributed by atoms with Gasteiger partial charge < -0.3 is 25.8 Å². The monoisotopic (exact) mass is 371 g/mol. The van der Waals surface area contributed by atoms with Crippen LogP contribution in [0.1, 0.15) is 74.1 Å². The van der Waals surface area contributed by atoms with Crippen molar-refractivity contribution < 1.29 is 19.1 Å². The summed E-state index contributed by atoms with van der Waals surface area (Å²) in [6, 6.07) is -0.159. The molecule has 4 N–H and O–H groups in total.